The van der Waals surface area contributed by atoms with Crippen LogP contribution in [0.25, 0.3) is 22.8 Å². The Kier molecular flexibility index (Phi) is 4.41. The van der Waals surface area contributed by atoms with E-state index in [0.29, 0.717) is 31.2 Å². The SMILES string of the molecule is C#Cc1ccc(-c2nc(-c3cccc4c3CCC43CC(=O)N(CCO)C3)no2)cc1. The number of terminal acetylenes is 1. The van der Waals surface area contributed by atoms with Crippen LogP contribution in [0.4, 0.5) is 0 Å². The summed E-state index contributed by atoms with van der Waals surface area (Å²) in [6, 6.07) is 13.6. The first-order valence-electron chi connectivity index (χ1n) is 10.1. The van der Waals surface area contributed by atoms with E-state index in [1.54, 1.807) is 4.90 Å². The highest BCUT2D eigenvalue weighted by molar-refractivity contribution is 5.82. The minimum atomic E-state index is -0.185. The summed E-state index contributed by atoms with van der Waals surface area (Å²) in [5.41, 5.74) is 4.76. The van der Waals surface area contributed by atoms with Gasteiger partial charge in [-0.2, -0.15) is 4.98 Å². The summed E-state index contributed by atoms with van der Waals surface area (Å²) in [6.07, 6.45) is 7.68. The maximum absolute atomic E-state index is 12.5. The first kappa shape index (κ1) is 18.6. The molecule has 2 aliphatic rings. The van der Waals surface area contributed by atoms with Crippen LogP contribution in [0.1, 0.15) is 29.5 Å². The van der Waals surface area contributed by atoms with Crippen LogP contribution in [-0.2, 0) is 16.6 Å². The van der Waals surface area contributed by atoms with Crippen LogP contribution in [0.3, 0.4) is 0 Å². The number of aromatic nitrogens is 2. The molecule has 1 fully saturated rings. The summed E-state index contributed by atoms with van der Waals surface area (Å²) in [5, 5.41) is 13.5. The predicted molar refractivity (Wildman–Crippen MR) is 111 cm³/mol. The van der Waals surface area contributed by atoms with Gasteiger partial charge in [0.2, 0.25) is 11.7 Å². The maximum atomic E-state index is 12.5. The van der Waals surface area contributed by atoms with Crippen molar-refractivity contribution in [3.63, 3.8) is 0 Å². The Bertz CT molecular complexity index is 1160. The van der Waals surface area contributed by atoms with Crippen LogP contribution >= 0.6 is 0 Å². The zero-order chi connectivity index (χ0) is 20.7. The maximum Gasteiger partial charge on any atom is 0.258 e. The summed E-state index contributed by atoms with van der Waals surface area (Å²) in [5.74, 6) is 3.71. The Labute approximate surface area is 174 Å². The van der Waals surface area contributed by atoms with Gasteiger partial charge in [0.25, 0.3) is 5.89 Å². The Morgan fingerprint density at radius 2 is 2.07 bits per heavy atom. The molecule has 1 unspecified atom stereocenters. The number of rotatable bonds is 4. The van der Waals surface area contributed by atoms with Gasteiger partial charge >= 0.3 is 0 Å². The van der Waals surface area contributed by atoms with E-state index in [1.165, 1.54) is 11.1 Å². The molecule has 1 atom stereocenters. The van der Waals surface area contributed by atoms with Crippen LogP contribution in [0.2, 0.25) is 0 Å². The second-order valence-electron chi connectivity index (χ2n) is 7.97. The summed E-state index contributed by atoms with van der Waals surface area (Å²) in [7, 11) is 0. The molecule has 1 aliphatic carbocycles. The summed E-state index contributed by atoms with van der Waals surface area (Å²) >= 11 is 0. The van der Waals surface area contributed by atoms with E-state index in [9.17, 15) is 9.90 Å². The number of carbonyl (C=O) groups is 1. The Morgan fingerprint density at radius 3 is 2.83 bits per heavy atom. The van der Waals surface area contributed by atoms with Gasteiger partial charge in [0.1, 0.15) is 0 Å². The summed E-state index contributed by atoms with van der Waals surface area (Å²) in [6.45, 7) is 1.03. The highest BCUT2D eigenvalue weighted by Gasteiger charge is 2.48. The number of likely N-dealkylation sites (tertiary alicyclic amines) is 1. The number of β-amino-alcohol motifs (C(OH)–C–C–N with tert-alkyl or cyclic N) is 1. The number of amides is 1. The average Bonchev–Trinajstić information content (AvgIpc) is 3.47. The highest BCUT2D eigenvalue weighted by atomic mass is 16.5. The van der Waals surface area contributed by atoms with Gasteiger partial charge in [0.15, 0.2) is 0 Å². The number of aliphatic hydroxyl groups is 1. The topological polar surface area (TPSA) is 79.5 Å². The van der Waals surface area contributed by atoms with Crippen LogP contribution in [-0.4, -0.2) is 45.8 Å². The molecule has 1 spiro atoms. The van der Waals surface area contributed by atoms with Crippen molar-refractivity contribution in [1.82, 2.24) is 15.0 Å². The van der Waals surface area contributed by atoms with E-state index in [0.717, 1.165) is 29.5 Å². The zero-order valence-electron chi connectivity index (χ0n) is 16.5. The van der Waals surface area contributed by atoms with Gasteiger partial charge in [0.05, 0.1) is 6.61 Å². The van der Waals surface area contributed by atoms with Gasteiger partial charge in [-0.05, 0) is 48.2 Å². The van der Waals surface area contributed by atoms with Crippen LogP contribution in [0, 0.1) is 12.3 Å². The molecule has 2 aromatic carbocycles. The molecule has 6 heteroatoms. The average molecular weight is 399 g/mol. The predicted octanol–water partition coefficient (Wildman–Crippen LogP) is 2.79. The van der Waals surface area contributed by atoms with Gasteiger partial charge < -0.3 is 14.5 Å². The minimum absolute atomic E-state index is 0.0112. The van der Waals surface area contributed by atoms with Crippen molar-refractivity contribution in [3.05, 3.63) is 59.2 Å². The molecule has 2 heterocycles. The summed E-state index contributed by atoms with van der Waals surface area (Å²) in [4.78, 5) is 18.8. The molecule has 1 N–H and O–H groups in total. The minimum Gasteiger partial charge on any atom is -0.395 e. The molecule has 30 heavy (non-hydrogen) atoms. The van der Waals surface area contributed by atoms with E-state index in [-0.39, 0.29) is 17.9 Å². The number of carbonyl (C=O) groups excluding carboxylic acids is 1. The molecule has 1 aromatic heterocycles. The summed E-state index contributed by atoms with van der Waals surface area (Å²) < 4.78 is 5.52. The molecular formula is C24H21N3O3. The third-order valence-corrected chi connectivity index (χ3v) is 6.27. The van der Waals surface area contributed by atoms with Gasteiger partial charge in [-0.1, -0.05) is 29.3 Å². The van der Waals surface area contributed by atoms with E-state index < -0.39 is 0 Å². The molecule has 3 aromatic rings. The van der Waals surface area contributed by atoms with E-state index in [2.05, 4.69) is 22.1 Å². The smallest absolute Gasteiger partial charge is 0.258 e. The van der Waals surface area contributed by atoms with Crippen molar-refractivity contribution in [1.29, 1.82) is 0 Å². The van der Waals surface area contributed by atoms with Gasteiger partial charge in [-0.3, -0.25) is 4.79 Å². The van der Waals surface area contributed by atoms with Crippen molar-refractivity contribution < 1.29 is 14.4 Å². The van der Waals surface area contributed by atoms with Crippen LogP contribution in [0.15, 0.2) is 47.0 Å². The van der Waals surface area contributed by atoms with Gasteiger partial charge in [0, 0.05) is 41.6 Å². The first-order valence-corrected chi connectivity index (χ1v) is 10.1. The third kappa shape index (κ3) is 2.90. The number of fused-ring (bicyclic) bond motifs is 2. The number of nitrogens with zero attached hydrogens (tertiary/aromatic N) is 3. The van der Waals surface area contributed by atoms with Crippen molar-refractivity contribution in [3.8, 4) is 35.2 Å². The van der Waals surface area contributed by atoms with Crippen molar-refractivity contribution in [2.45, 2.75) is 24.7 Å². The second kappa shape index (κ2) is 7.12. The lowest BCUT2D eigenvalue weighted by molar-refractivity contribution is -0.128. The third-order valence-electron chi connectivity index (χ3n) is 6.27. The van der Waals surface area contributed by atoms with Gasteiger partial charge in [-0.25, -0.2) is 0 Å². The molecule has 1 amide bonds. The normalized spacial score (nSPS) is 20.0. The number of hydrogen-bond donors (Lipinski definition) is 1. The molecule has 5 rings (SSSR count). The largest absolute Gasteiger partial charge is 0.395 e. The lowest BCUT2D eigenvalue weighted by atomic mass is 9.80. The Morgan fingerprint density at radius 1 is 1.23 bits per heavy atom. The fraction of sp³-hybridized carbons (Fsp3) is 0.292. The molecule has 1 saturated heterocycles. The van der Waals surface area contributed by atoms with E-state index in [4.69, 9.17) is 10.9 Å². The lowest BCUT2D eigenvalue weighted by Crippen LogP contribution is -2.32. The van der Waals surface area contributed by atoms with Crippen LogP contribution < -0.4 is 0 Å². The van der Waals surface area contributed by atoms with Gasteiger partial charge in [-0.15, -0.1) is 6.42 Å². The highest BCUT2D eigenvalue weighted by Crippen LogP contribution is 2.48. The first-order chi connectivity index (χ1) is 14.6. The van der Waals surface area contributed by atoms with E-state index in [1.807, 2.05) is 36.4 Å². The second-order valence-corrected chi connectivity index (χ2v) is 7.97. The molecule has 0 saturated carbocycles. The fourth-order valence-corrected chi connectivity index (χ4v) is 4.80. The number of aliphatic hydroxyl groups excluding tert-OH is 1. The molecule has 0 bridgehead atoms. The molecule has 150 valence electrons. The molecule has 6 nitrogen and oxygen atoms in total. The number of benzene rings is 2. The van der Waals surface area contributed by atoms with E-state index >= 15 is 0 Å². The Balaban J connectivity index is 1.48. The standard InChI is InChI=1S/C24H21N3O3/c1-2-16-6-8-17(9-7-16)23-25-22(26-30-23)19-4-3-5-20-18(19)10-11-24(20)14-21(29)27(15-24)12-13-28/h1,3-9,28H,10-15H2. The van der Waals surface area contributed by atoms with Crippen LogP contribution in [0.5, 0.6) is 0 Å². The van der Waals surface area contributed by atoms with Crippen molar-refractivity contribution in [2.75, 3.05) is 19.7 Å². The molecule has 0 radical (unpaired) electrons. The van der Waals surface area contributed by atoms with Crippen molar-refractivity contribution >= 4 is 5.91 Å². The lowest BCUT2D eigenvalue weighted by Gasteiger charge is -2.24. The Hall–Kier alpha value is -3.43. The quantitative estimate of drug-likeness (QED) is 0.683. The van der Waals surface area contributed by atoms with Crippen molar-refractivity contribution in [2.24, 2.45) is 0 Å². The number of hydrogen-bond acceptors (Lipinski definition) is 5. The monoisotopic (exact) mass is 399 g/mol. The molecule has 1 aliphatic heterocycles. The zero-order valence-corrected chi connectivity index (χ0v) is 16.5. The fourth-order valence-electron chi connectivity index (χ4n) is 4.80. The molecular weight excluding hydrogens is 378 g/mol.